The molecule has 4 nitrogen and oxygen atoms in total. The molecule has 112 valence electrons. The van der Waals surface area contributed by atoms with Crippen LogP contribution >= 0.6 is 23.4 Å². The highest BCUT2D eigenvalue weighted by atomic mass is 35.5. The lowest BCUT2D eigenvalue weighted by Crippen LogP contribution is -2.03. The van der Waals surface area contributed by atoms with Gasteiger partial charge in [0, 0.05) is 16.5 Å². The number of benzene rings is 1. The number of thioether (sulfide) groups is 1. The van der Waals surface area contributed by atoms with Gasteiger partial charge in [-0.15, -0.1) is 10.2 Å². The fraction of sp³-hybridized carbons (Fsp3) is 0.188. The molecular formula is C16H15ClN4S. The highest BCUT2D eigenvalue weighted by molar-refractivity contribution is 7.98. The number of aryl methyl sites for hydroxylation is 2. The van der Waals surface area contributed by atoms with Crippen molar-refractivity contribution in [3.05, 3.63) is 64.4 Å². The summed E-state index contributed by atoms with van der Waals surface area (Å²) in [6.45, 7) is 3.96. The van der Waals surface area contributed by atoms with Crippen LogP contribution in [-0.4, -0.2) is 20.0 Å². The first-order valence-corrected chi connectivity index (χ1v) is 8.23. The van der Waals surface area contributed by atoms with E-state index in [9.17, 15) is 0 Å². The highest BCUT2D eigenvalue weighted by Gasteiger charge is 2.07. The Labute approximate surface area is 138 Å². The molecule has 0 aliphatic heterocycles. The standard InChI is InChI=1S/C16H15ClN4S/c1-11-9-12(2)21(20-11)15-7-8-16(19-18-15)22-10-13-5-3-4-6-14(13)17/h3-9H,10H2,1-2H3. The van der Waals surface area contributed by atoms with Crippen molar-refractivity contribution in [2.24, 2.45) is 0 Å². The van der Waals surface area contributed by atoms with Gasteiger partial charge in [-0.2, -0.15) is 5.10 Å². The van der Waals surface area contributed by atoms with E-state index in [1.807, 2.05) is 56.3 Å². The van der Waals surface area contributed by atoms with Crippen molar-refractivity contribution in [3.8, 4) is 5.82 Å². The minimum Gasteiger partial charge on any atom is -0.218 e. The zero-order valence-electron chi connectivity index (χ0n) is 12.3. The third kappa shape index (κ3) is 3.31. The van der Waals surface area contributed by atoms with Gasteiger partial charge in [0.05, 0.1) is 5.69 Å². The summed E-state index contributed by atoms with van der Waals surface area (Å²) in [4.78, 5) is 0. The van der Waals surface area contributed by atoms with Crippen molar-refractivity contribution in [1.29, 1.82) is 0 Å². The van der Waals surface area contributed by atoms with Crippen LogP contribution in [0, 0.1) is 13.8 Å². The number of aromatic nitrogens is 4. The minimum absolute atomic E-state index is 0.729. The molecule has 0 aliphatic carbocycles. The molecule has 0 spiro atoms. The first-order valence-electron chi connectivity index (χ1n) is 6.87. The normalized spacial score (nSPS) is 10.9. The van der Waals surface area contributed by atoms with E-state index in [2.05, 4.69) is 15.3 Å². The van der Waals surface area contributed by atoms with Crippen LogP contribution in [-0.2, 0) is 5.75 Å². The van der Waals surface area contributed by atoms with E-state index in [1.165, 1.54) is 0 Å². The Kier molecular flexibility index (Phi) is 4.45. The van der Waals surface area contributed by atoms with Crippen LogP contribution in [0.1, 0.15) is 17.0 Å². The Balaban J connectivity index is 1.72. The second kappa shape index (κ2) is 6.50. The number of hydrogen-bond donors (Lipinski definition) is 0. The zero-order chi connectivity index (χ0) is 15.5. The van der Waals surface area contributed by atoms with Gasteiger partial charge in [0.2, 0.25) is 0 Å². The summed E-state index contributed by atoms with van der Waals surface area (Å²) in [6, 6.07) is 13.7. The van der Waals surface area contributed by atoms with Gasteiger partial charge < -0.3 is 0 Å². The number of halogens is 1. The van der Waals surface area contributed by atoms with Gasteiger partial charge in [-0.3, -0.25) is 0 Å². The molecule has 2 heterocycles. The van der Waals surface area contributed by atoms with Gasteiger partial charge in [-0.25, -0.2) is 4.68 Å². The molecule has 0 saturated heterocycles. The summed E-state index contributed by atoms with van der Waals surface area (Å²) in [7, 11) is 0. The summed E-state index contributed by atoms with van der Waals surface area (Å²) in [6.07, 6.45) is 0. The molecule has 3 rings (SSSR count). The van der Waals surface area contributed by atoms with Crippen molar-refractivity contribution < 1.29 is 0 Å². The predicted molar refractivity (Wildman–Crippen MR) is 89.6 cm³/mol. The van der Waals surface area contributed by atoms with Crippen molar-refractivity contribution in [2.75, 3.05) is 0 Å². The molecule has 0 radical (unpaired) electrons. The molecule has 6 heteroatoms. The first kappa shape index (κ1) is 15.1. The van der Waals surface area contributed by atoms with E-state index in [-0.39, 0.29) is 0 Å². The van der Waals surface area contributed by atoms with Gasteiger partial charge in [0.1, 0.15) is 5.03 Å². The molecule has 2 aromatic heterocycles. The molecule has 0 atom stereocenters. The lowest BCUT2D eigenvalue weighted by molar-refractivity contribution is 0.765. The summed E-state index contributed by atoms with van der Waals surface area (Å²) in [5.41, 5.74) is 3.11. The van der Waals surface area contributed by atoms with Crippen LogP contribution in [0.3, 0.4) is 0 Å². The van der Waals surface area contributed by atoms with Crippen LogP contribution in [0.5, 0.6) is 0 Å². The molecule has 0 aliphatic rings. The van der Waals surface area contributed by atoms with Crippen molar-refractivity contribution in [3.63, 3.8) is 0 Å². The third-order valence-electron chi connectivity index (χ3n) is 3.19. The van der Waals surface area contributed by atoms with Gasteiger partial charge >= 0.3 is 0 Å². The van der Waals surface area contributed by atoms with Gasteiger partial charge in [-0.1, -0.05) is 41.6 Å². The monoisotopic (exact) mass is 330 g/mol. The molecule has 0 bridgehead atoms. The van der Waals surface area contributed by atoms with Crippen LogP contribution in [0.2, 0.25) is 5.02 Å². The van der Waals surface area contributed by atoms with Crippen molar-refractivity contribution in [2.45, 2.75) is 24.6 Å². The Hall–Kier alpha value is -1.85. The molecule has 0 unspecified atom stereocenters. The largest absolute Gasteiger partial charge is 0.218 e. The van der Waals surface area contributed by atoms with Crippen molar-refractivity contribution in [1.82, 2.24) is 20.0 Å². The van der Waals surface area contributed by atoms with Gasteiger partial charge in [0.15, 0.2) is 5.82 Å². The summed E-state index contributed by atoms with van der Waals surface area (Å²) >= 11 is 7.77. The molecular weight excluding hydrogens is 316 g/mol. The zero-order valence-corrected chi connectivity index (χ0v) is 13.9. The average molecular weight is 331 g/mol. The smallest absolute Gasteiger partial charge is 0.175 e. The Morgan fingerprint density at radius 1 is 1.09 bits per heavy atom. The summed E-state index contributed by atoms with van der Waals surface area (Å²) in [5.74, 6) is 1.50. The second-order valence-electron chi connectivity index (χ2n) is 4.95. The predicted octanol–water partition coefficient (Wildman–Crippen LogP) is 4.22. The van der Waals surface area contributed by atoms with Crippen molar-refractivity contribution >= 4 is 23.4 Å². The lowest BCUT2D eigenvalue weighted by atomic mass is 10.2. The Morgan fingerprint density at radius 3 is 2.55 bits per heavy atom. The van der Waals surface area contributed by atoms with E-state index >= 15 is 0 Å². The van der Waals surface area contributed by atoms with Crippen LogP contribution in [0.25, 0.3) is 5.82 Å². The fourth-order valence-corrected chi connectivity index (χ4v) is 3.23. The lowest BCUT2D eigenvalue weighted by Gasteiger charge is -2.05. The molecule has 1 aromatic carbocycles. The first-order chi connectivity index (χ1) is 10.6. The summed E-state index contributed by atoms with van der Waals surface area (Å²) < 4.78 is 1.80. The van der Waals surface area contributed by atoms with E-state index in [4.69, 9.17) is 11.6 Å². The van der Waals surface area contributed by atoms with E-state index < -0.39 is 0 Å². The molecule has 0 fully saturated rings. The summed E-state index contributed by atoms with van der Waals surface area (Å²) in [5, 5.41) is 14.6. The maximum atomic E-state index is 6.15. The maximum absolute atomic E-state index is 6.15. The van der Waals surface area contributed by atoms with Crippen LogP contribution < -0.4 is 0 Å². The third-order valence-corrected chi connectivity index (χ3v) is 4.52. The van der Waals surface area contributed by atoms with Crippen LogP contribution in [0.15, 0.2) is 47.5 Å². The number of rotatable bonds is 4. The SMILES string of the molecule is Cc1cc(C)n(-c2ccc(SCc3ccccc3Cl)nn2)n1. The Bertz CT molecular complexity index is 783. The second-order valence-corrected chi connectivity index (χ2v) is 6.35. The molecule has 3 aromatic rings. The molecule has 0 saturated carbocycles. The van der Waals surface area contributed by atoms with E-state index in [0.29, 0.717) is 0 Å². The maximum Gasteiger partial charge on any atom is 0.175 e. The van der Waals surface area contributed by atoms with E-state index in [1.54, 1.807) is 16.4 Å². The Morgan fingerprint density at radius 2 is 1.91 bits per heavy atom. The quantitative estimate of drug-likeness (QED) is 0.672. The minimum atomic E-state index is 0.729. The van der Waals surface area contributed by atoms with E-state index in [0.717, 1.165) is 38.6 Å². The number of hydrogen-bond acceptors (Lipinski definition) is 4. The average Bonchev–Trinajstić information content (AvgIpc) is 2.86. The highest BCUT2D eigenvalue weighted by Crippen LogP contribution is 2.25. The number of nitrogens with zero attached hydrogens (tertiary/aromatic N) is 4. The van der Waals surface area contributed by atoms with Gasteiger partial charge in [-0.05, 0) is 43.7 Å². The topological polar surface area (TPSA) is 43.6 Å². The van der Waals surface area contributed by atoms with Crippen LogP contribution in [0.4, 0.5) is 0 Å². The molecule has 0 amide bonds. The molecule has 22 heavy (non-hydrogen) atoms. The van der Waals surface area contributed by atoms with Gasteiger partial charge in [0.25, 0.3) is 0 Å². The molecule has 0 N–H and O–H groups in total. The fourth-order valence-electron chi connectivity index (χ4n) is 2.13.